The lowest BCUT2D eigenvalue weighted by Gasteiger charge is -2.26. The highest BCUT2D eigenvalue weighted by molar-refractivity contribution is 5.91. The van der Waals surface area contributed by atoms with Crippen molar-refractivity contribution in [1.29, 1.82) is 0 Å². The van der Waals surface area contributed by atoms with Gasteiger partial charge in [0.25, 0.3) is 0 Å². The zero-order valence-corrected chi connectivity index (χ0v) is 14.0. The number of esters is 1. The van der Waals surface area contributed by atoms with Gasteiger partial charge in [-0.3, -0.25) is 0 Å². The molecule has 0 saturated heterocycles. The number of nitrogens with zero attached hydrogens (tertiary/aromatic N) is 1. The molecule has 0 saturated carbocycles. The van der Waals surface area contributed by atoms with Gasteiger partial charge in [0.1, 0.15) is 11.3 Å². The highest BCUT2D eigenvalue weighted by atomic mass is 19.2. The number of anilines is 3. The number of ether oxygens (including phenoxy) is 1. The molecule has 0 aromatic heterocycles. The van der Waals surface area contributed by atoms with Gasteiger partial charge in [-0.2, -0.15) is 0 Å². The average Bonchev–Trinajstić information content (AvgIpc) is 2.71. The van der Waals surface area contributed by atoms with E-state index in [1.807, 2.05) is 0 Å². The van der Waals surface area contributed by atoms with E-state index < -0.39 is 40.5 Å². The molecule has 0 heterocycles. The largest absolute Gasteiger partial charge is 0.465 e. The predicted molar refractivity (Wildman–Crippen MR) is 92.3 cm³/mol. The van der Waals surface area contributed by atoms with Crippen molar-refractivity contribution in [3.63, 3.8) is 0 Å². The standard InChI is InChI=1S/C20H13F4NO2/c1-27-20(26)14-15(21)17(23)19(18(24)16(14)22)25(12-8-4-2-5-9-12)13-10-6-3-7-11-13/h2-11H,1H3. The molecule has 3 rings (SSSR count). The van der Waals surface area contributed by atoms with E-state index >= 15 is 0 Å². The second-order valence-corrected chi connectivity index (χ2v) is 5.48. The first-order valence-electron chi connectivity index (χ1n) is 7.81. The first-order chi connectivity index (χ1) is 13.0. The quantitative estimate of drug-likeness (QED) is 0.343. The minimum Gasteiger partial charge on any atom is -0.465 e. The van der Waals surface area contributed by atoms with Crippen LogP contribution in [0.2, 0.25) is 0 Å². The van der Waals surface area contributed by atoms with Crippen molar-refractivity contribution in [2.24, 2.45) is 0 Å². The summed E-state index contributed by atoms with van der Waals surface area (Å²) in [6.45, 7) is 0. The van der Waals surface area contributed by atoms with Gasteiger partial charge in [0, 0.05) is 11.4 Å². The summed E-state index contributed by atoms with van der Waals surface area (Å²) >= 11 is 0. The molecule has 0 aliphatic rings. The van der Waals surface area contributed by atoms with Crippen molar-refractivity contribution in [2.75, 3.05) is 12.0 Å². The van der Waals surface area contributed by atoms with Crippen LogP contribution in [-0.2, 0) is 4.74 Å². The second kappa shape index (κ2) is 7.49. The van der Waals surface area contributed by atoms with Crippen molar-refractivity contribution < 1.29 is 27.1 Å². The Labute approximate surface area is 152 Å². The minimum atomic E-state index is -1.83. The van der Waals surface area contributed by atoms with E-state index in [0.717, 1.165) is 12.0 Å². The molecular weight excluding hydrogens is 362 g/mol. The Morgan fingerprint density at radius 2 is 1.15 bits per heavy atom. The lowest BCUT2D eigenvalue weighted by molar-refractivity contribution is 0.0587. The highest BCUT2D eigenvalue weighted by Crippen LogP contribution is 2.40. The van der Waals surface area contributed by atoms with Gasteiger partial charge in [0.05, 0.1) is 7.11 Å². The van der Waals surface area contributed by atoms with Crippen LogP contribution < -0.4 is 4.90 Å². The molecule has 7 heteroatoms. The van der Waals surface area contributed by atoms with Gasteiger partial charge < -0.3 is 9.64 Å². The van der Waals surface area contributed by atoms with E-state index in [0.29, 0.717) is 0 Å². The van der Waals surface area contributed by atoms with E-state index in [1.54, 1.807) is 36.4 Å². The third kappa shape index (κ3) is 3.23. The van der Waals surface area contributed by atoms with E-state index in [9.17, 15) is 22.4 Å². The fourth-order valence-corrected chi connectivity index (χ4v) is 2.66. The molecule has 0 atom stereocenters. The predicted octanol–water partition coefficient (Wildman–Crippen LogP) is 5.50. The molecule has 27 heavy (non-hydrogen) atoms. The molecule has 0 aliphatic heterocycles. The van der Waals surface area contributed by atoms with Crippen LogP contribution in [-0.4, -0.2) is 13.1 Å². The average molecular weight is 375 g/mol. The summed E-state index contributed by atoms with van der Waals surface area (Å²) < 4.78 is 62.6. The fraction of sp³-hybridized carbons (Fsp3) is 0.0500. The van der Waals surface area contributed by atoms with Crippen LogP contribution in [0.5, 0.6) is 0 Å². The van der Waals surface area contributed by atoms with E-state index in [2.05, 4.69) is 4.74 Å². The maximum atomic E-state index is 14.8. The highest BCUT2D eigenvalue weighted by Gasteiger charge is 2.33. The monoisotopic (exact) mass is 375 g/mol. The summed E-state index contributed by atoms with van der Waals surface area (Å²) in [5.74, 6) is -8.58. The van der Waals surface area contributed by atoms with Crippen LogP contribution in [0, 0.1) is 23.3 Å². The molecule has 0 aliphatic carbocycles. The SMILES string of the molecule is COC(=O)c1c(F)c(F)c(N(c2ccccc2)c2ccccc2)c(F)c1F. The number of halogens is 4. The first-order valence-corrected chi connectivity index (χ1v) is 7.81. The molecule has 0 spiro atoms. The summed E-state index contributed by atoms with van der Waals surface area (Å²) in [5.41, 5.74) is -1.86. The Kier molecular flexibility index (Phi) is 5.12. The van der Waals surface area contributed by atoms with Gasteiger partial charge in [-0.05, 0) is 24.3 Å². The number of para-hydroxylation sites is 2. The number of benzene rings is 3. The Morgan fingerprint density at radius 1 is 0.741 bits per heavy atom. The van der Waals surface area contributed by atoms with Crippen LogP contribution in [0.3, 0.4) is 0 Å². The number of rotatable bonds is 4. The van der Waals surface area contributed by atoms with E-state index in [-0.39, 0.29) is 11.4 Å². The van der Waals surface area contributed by atoms with Gasteiger partial charge >= 0.3 is 5.97 Å². The molecule has 0 fully saturated rings. The Morgan fingerprint density at radius 3 is 1.52 bits per heavy atom. The molecule has 0 bridgehead atoms. The molecular formula is C20H13F4NO2. The fourth-order valence-electron chi connectivity index (χ4n) is 2.66. The Bertz CT molecular complexity index is 910. The van der Waals surface area contributed by atoms with Gasteiger partial charge in [-0.1, -0.05) is 36.4 Å². The van der Waals surface area contributed by atoms with Gasteiger partial charge in [-0.15, -0.1) is 0 Å². The lowest BCUT2D eigenvalue weighted by Crippen LogP contribution is -2.19. The smallest absolute Gasteiger partial charge is 0.344 e. The van der Waals surface area contributed by atoms with Gasteiger partial charge in [0.15, 0.2) is 23.3 Å². The van der Waals surface area contributed by atoms with Crippen LogP contribution in [0.15, 0.2) is 60.7 Å². The van der Waals surface area contributed by atoms with Crippen LogP contribution in [0.1, 0.15) is 10.4 Å². The number of carbonyl (C=O) groups excluding carboxylic acids is 1. The number of carbonyl (C=O) groups is 1. The van der Waals surface area contributed by atoms with Crippen LogP contribution >= 0.6 is 0 Å². The van der Waals surface area contributed by atoms with Crippen LogP contribution in [0.25, 0.3) is 0 Å². The summed E-state index contributed by atoms with van der Waals surface area (Å²) in [5, 5.41) is 0. The summed E-state index contributed by atoms with van der Waals surface area (Å²) in [6, 6.07) is 15.9. The normalized spacial score (nSPS) is 10.6. The maximum Gasteiger partial charge on any atom is 0.344 e. The zero-order valence-electron chi connectivity index (χ0n) is 14.0. The second-order valence-electron chi connectivity index (χ2n) is 5.48. The van der Waals surface area contributed by atoms with Crippen molar-refractivity contribution >= 4 is 23.0 Å². The first kappa shape index (κ1) is 18.4. The van der Waals surface area contributed by atoms with Gasteiger partial charge in [-0.25, -0.2) is 22.4 Å². The minimum absolute atomic E-state index is 0.270. The van der Waals surface area contributed by atoms with E-state index in [1.165, 1.54) is 24.3 Å². The summed E-state index contributed by atoms with van der Waals surface area (Å²) in [6.07, 6.45) is 0. The lowest BCUT2D eigenvalue weighted by atomic mass is 10.1. The van der Waals surface area contributed by atoms with Crippen molar-refractivity contribution in [3.8, 4) is 0 Å². The third-order valence-corrected chi connectivity index (χ3v) is 3.88. The molecule has 3 aromatic rings. The molecule has 3 nitrogen and oxygen atoms in total. The maximum absolute atomic E-state index is 14.8. The third-order valence-electron chi connectivity index (χ3n) is 3.88. The summed E-state index contributed by atoms with van der Waals surface area (Å²) in [4.78, 5) is 12.6. The Balaban J connectivity index is 2.33. The number of hydrogen-bond acceptors (Lipinski definition) is 3. The molecule has 3 aromatic carbocycles. The Hall–Kier alpha value is -3.35. The molecule has 0 N–H and O–H groups in total. The molecule has 138 valence electrons. The summed E-state index contributed by atoms with van der Waals surface area (Å²) in [7, 11) is 0.852. The van der Waals surface area contributed by atoms with Crippen LogP contribution in [0.4, 0.5) is 34.6 Å². The number of methoxy groups -OCH3 is 1. The number of hydrogen-bond donors (Lipinski definition) is 0. The van der Waals surface area contributed by atoms with Crippen molar-refractivity contribution in [2.45, 2.75) is 0 Å². The molecule has 0 radical (unpaired) electrons. The van der Waals surface area contributed by atoms with Crippen molar-refractivity contribution in [3.05, 3.63) is 89.5 Å². The molecule has 0 amide bonds. The van der Waals surface area contributed by atoms with Crippen molar-refractivity contribution in [1.82, 2.24) is 0 Å². The van der Waals surface area contributed by atoms with E-state index in [4.69, 9.17) is 0 Å². The molecule has 0 unspecified atom stereocenters. The topological polar surface area (TPSA) is 29.5 Å². The zero-order chi connectivity index (χ0) is 19.6. The van der Waals surface area contributed by atoms with Gasteiger partial charge in [0.2, 0.25) is 0 Å².